The van der Waals surface area contributed by atoms with Crippen LogP contribution in [0.15, 0.2) is 22.9 Å². The zero-order valence-electron chi connectivity index (χ0n) is 9.69. The molecule has 0 unspecified atom stereocenters. The molecule has 2 N–H and O–H groups in total. The summed E-state index contributed by atoms with van der Waals surface area (Å²) < 4.78 is 5.31. The number of aromatic nitrogens is 2. The molecular weight excluding hydrogens is 202 g/mol. The van der Waals surface area contributed by atoms with Gasteiger partial charge in [0.1, 0.15) is 0 Å². The lowest BCUT2D eigenvalue weighted by Gasteiger charge is -2.06. The van der Waals surface area contributed by atoms with Crippen molar-refractivity contribution in [2.45, 2.75) is 26.7 Å². The van der Waals surface area contributed by atoms with Gasteiger partial charge in [-0.1, -0.05) is 19.0 Å². The minimum Gasteiger partial charge on any atom is -0.381 e. The van der Waals surface area contributed by atoms with Crippen LogP contribution in [0.5, 0.6) is 0 Å². The third-order valence-corrected chi connectivity index (χ3v) is 2.58. The standard InChI is InChI=1S/C12H15N3O/c1-7(2)10-11(16-15-12(10)13)9-5-4-6-14-8(9)3/h4-7H,1-3H3,(H2,13,15). The Kier molecular flexibility index (Phi) is 2.64. The molecule has 0 aliphatic carbocycles. The predicted molar refractivity (Wildman–Crippen MR) is 63.0 cm³/mol. The number of aryl methyl sites for hydroxylation is 1. The van der Waals surface area contributed by atoms with Crippen molar-refractivity contribution in [3.63, 3.8) is 0 Å². The molecule has 0 saturated carbocycles. The van der Waals surface area contributed by atoms with E-state index in [0.717, 1.165) is 22.6 Å². The number of nitrogens with two attached hydrogens (primary N) is 1. The van der Waals surface area contributed by atoms with Crippen molar-refractivity contribution in [1.82, 2.24) is 10.1 Å². The highest BCUT2D eigenvalue weighted by atomic mass is 16.5. The Labute approximate surface area is 94.5 Å². The lowest BCUT2D eigenvalue weighted by molar-refractivity contribution is 0.434. The molecule has 0 spiro atoms. The topological polar surface area (TPSA) is 64.9 Å². The van der Waals surface area contributed by atoms with Gasteiger partial charge in [0, 0.05) is 23.0 Å². The number of anilines is 1. The van der Waals surface area contributed by atoms with Crippen LogP contribution < -0.4 is 5.73 Å². The normalized spacial score (nSPS) is 11.0. The van der Waals surface area contributed by atoms with Crippen LogP contribution in [0.3, 0.4) is 0 Å². The van der Waals surface area contributed by atoms with E-state index in [1.54, 1.807) is 6.20 Å². The van der Waals surface area contributed by atoms with Gasteiger partial charge in [-0.25, -0.2) is 0 Å². The summed E-state index contributed by atoms with van der Waals surface area (Å²) in [7, 11) is 0. The summed E-state index contributed by atoms with van der Waals surface area (Å²) in [5, 5.41) is 3.83. The molecule has 0 saturated heterocycles. The minimum atomic E-state index is 0.279. The highest BCUT2D eigenvalue weighted by Gasteiger charge is 2.19. The molecule has 2 aromatic rings. The van der Waals surface area contributed by atoms with Crippen molar-refractivity contribution >= 4 is 5.82 Å². The van der Waals surface area contributed by atoms with Gasteiger partial charge in [0.15, 0.2) is 11.6 Å². The van der Waals surface area contributed by atoms with Crippen LogP contribution in [0, 0.1) is 6.92 Å². The Bertz CT molecular complexity index is 503. The largest absolute Gasteiger partial charge is 0.381 e. The Morgan fingerprint density at radius 3 is 2.75 bits per heavy atom. The van der Waals surface area contributed by atoms with E-state index in [4.69, 9.17) is 10.3 Å². The summed E-state index contributed by atoms with van der Waals surface area (Å²) in [6.07, 6.45) is 1.76. The first-order chi connectivity index (χ1) is 7.61. The zero-order chi connectivity index (χ0) is 11.7. The maximum atomic E-state index is 5.80. The molecule has 16 heavy (non-hydrogen) atoms. The number of hydrogen-bond acceptors (Lipinski definition) is 4. The number of pyridine rings is 1. The van der Waals surface area contributed by atoms with Crippen LogP contribution in [0.25, 0.3) is 11.3 Å². The smallest absolute Gasteiger partial charge is 0.174 e. The molecule has 84 valence electrons. The molecular formula is C12H15N3O. The van der Waals surface area contributed by atoms with E-state index in [-0.39, 0.29) is 5.92 Å². The fraction of sp³-hybridized carbons (Fsp3) is 0.333. The lowest BCUT2D eigenvalue weighted by Crippen LogP contribution is -1.96. The molecule has 0 aliphatic rings. The molecule has 2 rings (SSSR count). The van der Waals surface area contributed by atoms with Crippen LogP contribution in [0.4, 0.5) is 5.82 Å². The summed E-state index contributed by atoms with van der Waals surface area (Å²) in [5.41, 5.74) is 8.63. The molecule has 4 heteroatoms. The Balaban J connectivity index is 2.61. The van der Waals surface area contributed by atoms with Gasteiger partial charge >= 0.3 is 0 Å². The molecule has 0 aromatic carbocycles. The van der Waals surface area contributed by atoms with Gasteiger partial charge in [-0.3, -0.25) is 4.98 Å². The maximum Gasteiger partial charge on any atom is 0.174 e. The van der Waals surface area contributed by atoms with Gasteiger partial charge in [-0.2, -0.15) is 0 Å². The molecule has 4 nitrogen and oxygen atoms in total. The van der Waals surface area contributed by atoms with Crippen LogP contribution >= 0.6 is 0 Å². The van der Waals surface area contributed by atoms with Gasteiger partial charge in [0.2, 0.25) is 0 Å². The molecule has 0 radical (unpaired) electrons. The van der Waals surface area contributed by atoms with Crippen LogP contribution in [0.1, 0.15) is 31.0 Å². The SMILES string of the molecule is Cc1ncccc1-c1onc(N)c1C(C)C. The average molecular weight is 217 g/mol. The molecule has 0 fully saturated rings. The Morgan fingerprint density at radius 2 is 2.12 bits per heavy atom. The van der Waals surface area contributed by atoms with Crippen LogP contribution in [-0.4, -0.2) is 10.1 Å². The summed E-state index contributed by atoms with van der Waals surface area (Å²) >= 11 is 0. The van der Waals surface area contributed by atoms with Gasteiger partial charge in [-0.15, -0.1) is 0 Å². The van der Waals surface area contributed by atoms with Gasteiger partial charge < -0.3 is 10.3 Å². The van der Waals surface area contributed by atoms with Crippen molar-refractivity contribution in [3.05, 3.63) is 29.6 Å². The number of nitrogens with zero attached hydrogens (tertiary/aromatic N) is 2. The van der Waals surface area contributed by atoms with E-state index >= 15 is 0 Å². The van der Waals surface area contributed by atoms with Crippen molar-refractivity contribution in [2.24, 2.45) is 0 Å². The van der Waals surface area contributed by atoms with E-state index in [1.165, 1.54) is 0 Å². The highest BCUT2D eigenvalue weighted by molar-refractivity contribution is 5.68. The number of rotatable bonds is 2. The van der Waals surface area contributed by atoms with Crippen LogP contribution in [-0.2, 0) is 0 Å². The molecule has 0 amide bonds. The Hall–Kier alpha value is -1.84. The fourth-order valence-corrected chi connectivity index (χ4v) is 1.79. The lowest BCUT2D eigenvalue weighted by atomic mass is 9.99. The summed E-state index contributed by atoms with van der Waals surface area (Å²) in [6.45, 7) is 6.08. The van der Waals surface area contributed by atoms with E-state index in [0.29, 0.717) is 5.82 Å². The second kappa shape index (κ2) is 3.96. The van der Waals surface area contributed by atoms with Gasteiger partial charge in [0.05, 0.1) is 0 Å². The molecule has 0 atom stereocenters. The van der Waals surface area contributed by atoms with E-state index in [9.17, 15) is 0 Å². The summed E-state index contributed by atoms with van der Waals surface area (Å²) in [5.74, 6) is 1.48. The minimum absolute atomic E-state index is 0.279. The third-order valence-electron chi connectivity index (χ3n) is 2.58. The summed E-state index contributed by atoms with van der Waals surface area (Å²) in [6, 6.07) is 3.85. The maximum absolute atomic E-state index is 5.80. The van der Waals surface area contributed by atoms with E-state index < -0.39 is 0 Å². The van der Waals surface area contributed by atoms with Gasteiger partial charge in [0.25, 0.3) is 0 Å². The van der Waals surface area contributed by atoms with Crippen molar-refractivity contribution in [1.29, 1.82) is 0 Å². The van der Waals surface area contributed by atoms with Crippen molar-refractivity contribution in [3.8, 4) is 11.3 Å². The second-order valence-corrected chi connectivity index (χ2v) is 4.10. The first-order valence-corrected chi connectivity index (χ1v) is 5.28. The molecule has 2 aromatic heterocycles. The second-order valence-electron chi connectivity index (χ2n) is 4.10. The number of hydrogen-bond donors (Lipinski definition) is 1. The molecule has 2 heterocycles. The van der Waals surface area contributed by atoms with E-state index in [1.807, 2.05) is 19.1 Å². The van der Waals surface area contributed by atoms with Crippen LogP contribution in [0.2, 0.25) is 0 Å². The van der Waals surface area contributed by atoms with Crippen molar-refractivity contribution in [2.75, 3.05) is 5.73 Å². The first kappa shape index (κ1) is 10.7. The van der Waals surface area contributed by atoms with Crippen molar-refractivity contribution < 1.29 is 4.52 Å². The first-order valence-electron chi connectivity index (χ1n) is 5.28. The Morgan fingerprint density at radius 1 is 1.38 bits per heavy atom. The highest BCUT2D eigenvalue weighted by Crippen LogP contribution is 2.34. The fourth-order valence-electron chi connectivity index (χ4n) is 1.79. The zero-order valence-corrected chi connectivity index (χ0v) is 9.69. The third kappa shape index (κ3) is 1.66. The molecule has 0 aliphatic heterocycles. The average Bonchev–Trinajstić information content (AvgIpc) is 2.61. The monoisotopic (exact) mass is 217 g/mol. The summed E-state index contributed by atoms with van der Waals surface area (Å²) in [4.78, 5) is 4.24. The number of nitrogen functional groups attached to an aromatic ring is 1. The van der Waals surface area contributed by atoms with Gasteiger partial charge in [-0.05, 0) is 25.0 Å². The predicted octanol–water partition coefficient (Wildman–Crippen LogP) is 2.75. The quantitative estimate of drug-likeness (QED) is 0.840. The van der Waals surface area contributed by atoms with E-state index in [2.05, 4.69) is 24.0 Å². The molecule has 0 bridgehead atoms.